The van der Waals surface area contributed by atoms with E-state index in [0.717, 1.165) is 18.6 Å². The number of aryl methyl sites for hydroxylation is 1. The third-order valence-corrected chi connectivity index (χ3v) is 7.95. The topological polar surface area (TPSA) is 75.7 Å². The number of benzene rings is 3. The first kappa shape index (κ1) is 26.9. The van der Waals surface area contributed by atoms with Crippen LogP contribution in [-0.2, 0) is 17.8 Å². The minimum Gasteiger partial charge on any atom is -0.340 e. The zero-order chi connectivity index (χ0) is 28.3. The van der Waals surface area contributed by atoms with E-state index in [9.17, 15) is 9.59 Å². The molecule has 8 nitrogen and oxygen atoms in total. The lowest BCUT2D eigenvalue weighted by atomic mass is 9.96. The lowest BCUT2D eigenvalue weighted by Crippen LogP contribution is -2.49. The molecular weight excluding hydrogens is 512 g/mol. The summed E-state index contributed by atoms with van der Waals surface area (Å²) < 4.78 is 3.66. The zero-order valence-corrected chi connectivity index (χ0v) is 23.7. The maximum absolute atomic E-state index is 13.4. The second-order valence-electron chi connectivity index (χ2n) is 11.2. The normalized spacial score (nSPS) is 14.5. The van der Waals surface area contributed by atoms with Crippen LogP contribution >= 0.6 is 0 Å². The minimum atomic E-state index is -0.0565. The fourth-order valence-corrected chi connectivity index (χ4v) is 6.00. The summed E-state index contributed by atoms with van der Waals surface area (Å²) in [4.78, 5) is 31.0. The fourth-order valence-electron chi connectivity index (χ4n) is 6.00. The molecule has 0 aliphatic carbocycles. The van der Waals surface area contributed by atoms with Crippen molar-refractivity contribution in [2.75, 3.05) is 26.2 Å². The maximum atomic E-state index is 13.4. The van der Waals surface area contributed by atoms with Gasteiger partial charge in [-0.3, -0.25) is 23.5 Å². The molecule has 41 heavy (non-hydrogen) atoms. The van der Waals surface area contributed by atoms with Crippen LogP contribution in [-0.4, -0.2) is 61.1 Å². The Morgan fingerprint density at radius 2 is 1.41 bits per heavy atom. The summed E-state index contributed by atoms with van der Waals surface area (Å²) in [5, 5.41) is 9.49. The van der Waals surface area contributed by atoms with Gasteiger partial charge in [-0.15, -0.1) is 10.2 Å². The Bertz CT molecular complexity index is 1660. The van der Waals surface area contributed by atoms with Crippen LogP contribution in [0.15, 0.2) is 89.7 Å². The van der Waals surface area contributed by atoms with Crippen molar-refractivity contribution < 1.29 is 4.79 Å². The highest BCUT2D eigenvalue weighted by molar-refractivity contribution is 5.80. The van der Waals surface area contributed by atoms with E-state index in [1.807, 2.05) is 45.7 Å². The van der Waals surface area contributed by atoms with Crippen molar-refractivity contribution in [3.8, 4) is 0 Å². The van der Waals surface area contributed by atoms with Crippen LogP contribution in [0.2, 0.25) is 0 Å². The summed E-state index contributed by atoms with van der Waals surface area (Å²) in [6.45, 7) is 7.70. The van der Waals surface area contributed by atoms with E-state index in [-0.39, 0.29) is 23.4 Å². The number of nitrogens with zero attached hydrogens (tertiary/aromatic N) is 6. The first-order chi connectivity index (χ1) is 20.0. The number of hydrogen-bond donors (Lipinski definition) is 0. The quantitative estimate of drug-likeness (QED) is 0.284. The molecular formula is C33H36N6O2. The number of hydrogen-bond acceptors (Lipinski definition) is 5. The minimum absolute atomic E-state index is 0.0565. The van der Waals surface area contributed by atoms with Gasteiger partial charge in [0, 0.05) is 45.6 Å². The number of rotatable bonds is 8. The first-order valence-electron chi connectivity index (χ1n) is 14.5. The summed E-state index contributed by atoms with van der Waals surface area (Å²) in [5.74, 6) is 1.64. The van der Waals surface area contributed by atoms with Gasteiger partial charge in [-0.1, -0.05) is 86.6 Å². The number of piperazine rings is 1. The van der Waals surface area contributed by atoms with E-state index in [1.54, 1.807) is 4.57 Å². The maximum Gasteiger partial charge on any atom is 0.262 e. The van der Waals surface area contributed by atoms with Crippen LogP contribution in [0.5, 0.6) is 0 Å². The smallest absolute Gasteiger partial charge is 0.262 e. The van der Waals surface area contributed by atoms with Crippen molar-refractivity contribution in [3.63, 3.8) is 0 Å². The van der Waals surface area contributed by atoms with Crippen LogP contribution in [0.4, 0.5) is 0 Å². The first-order valence-corrected chi connectivity index (χ1v) is 14.5. The van der Waals surface area contributed by atoms with Gasteiger partial charge in [0.15, 0.2) is 0 Å². The van der Waals surface area contributed by atoms with E-state index >= 15 is 0 Å². The van der Waals surface area contributed by atoms with E-state index in [1.165, 1.54) is 11.1 Å². The lowest BCUT2D eigenvalue weighted by molar-refractivity contribution is -0.133. The fraction of sp³-hybridized carbons (Fsp3) is 0.333. The van der Waals surface area contributed by atoms with Gasteiger partial charge in [-0.2, -0.15) is 0 Å². The number of amides is 1. The molecule has 0 saturated carbocycles. The summed E-state index contributed by atoms with van der Waals surface area (Å²) in [6.07, 6.45) is 0.806. The molecule has 5 aromatic rings. The van der Waals surface area contributed by atoms with Gasteiger partial charge in [0.25, 0.3) is 5.56 Å². The highest BCUT2D eigenvalue weighted by Crippen LogP contribution is 2.29. The summed E-state index contributed by atoms with van der Waals surface area (Å²) >= 11 is 0. The molecule has 0 N–H and O–H groups in total. The Kier molecular flexibility index (Phi) is 7.65. The predicted molar refractivity (Wildman–Crippen MR) is 161 cm³/mol. The Balaban J connectivity index is 1.18. The summed E-state index contributed by atoms with van der Waals surface area (Å²) in [7, 11) is 0. The lowest BCUT2D eigenvalue weighted by Gasteiger charge is -2.39. The number of fused-ring (bicyclic) bond motifs is 3. The molecule has 210 valence electrons. The number of carbonyl (C=O) groups is 1. The highest BCUT2D eigenvalue weighted by Gasteiger charge is 2.28. The molecule has 0 atom stereocenters. The molecule has 1 saturated heterocycles. The van der Waals surface area contributed by atoms with Crippen molar-refractivity contribution in [2.24, 2.45) is 5.92 Å². The SMILES string of the molecule is CC(C)Cn1c(=O)c2ccccc2n2c(CCC(=O)N3CCN(C(c4ccccc4)c4ccccc4)CC3)nnc12. The Morgan fingerprint density at radius 3 is 2.05 bits per heavy atom. The average molecular weight is 549 g/mol. The monoisotopic (exact) mass is 548 g/mol. The number of aromatic nitrogens is 4. The van der Waals surface area contributed by atoms with Gasteiger partial charge in [0.1, 0.15) is 5.82 Å². The molecule has 3 heterocycles. The van der Waals surface area contributed by atoms with E-state index in [2.05, 4.69) is 77.5 Å². The third kappa shape index (κ3) is 5.39. The van der Waals surface area contributed by atoms with Crippen molar-refractivity contribution in [2.45, 2.75) is 39.3 Å². The largest absolute Gasteiger partial charge is 0.340 e. The Morgan fingerprint density at radius 1 is 0.805 bits per heavy atom. The van der Waals surface area contributed by atoms with Crippen LogP contribution < -0.4 is 5.56 Å². The van der Waals surface area contributed by atoms with Crippen molar-refractivity contribution in [1.82, 2.24) is 29.0 Å². The highest BCUT2D eigenvalue weighted by atomic mass is 16.2. The molecule has 0 unspecified atom stereocenters. The van der Waals surface area contributed by atoms with Crippen LogP contribution in [0.25, 0.3) is 16.7 Å². The predicted octanol–water partition coefficient (Wildman–Crippen LogP) is 4.57. The standard InChI is InChI=1S/C33H36N6O2/c1-24(2)23-38-32(41)27-15-9-10-16-28(27)39-29(34-35-33(38)39)17-18-30(40)36-19-21-37(22-20-36)31(25-11-5-3-6-12-25)26-13-7-4-8-14-26/h3-16,24,31H,17-23H2,1-2H3. The second-order valence-corrected chi connectivity index (χ2v) is 11.2. The number of carbonyl (C=O) groups excluding carboxylic acids is 1. The van der Waals surface area contributed by atoms with Crippen LogP contribution in [0.3, 0.4) is 0 Å². The third-order valence-electron chi connectivity index (χ3n) is 7.95. The molecule has 1 aliphatic rings. The molecule has 0 bridgehead atoms. The molecule has 2 aromatic heterocycles. The second kappa shape index (κ2) is 11.7. The van der Waals surface area contributed by atoms with Gasteiger partial charge < -0.3 is 4.90 Å². The molecule has 1 fully saturated rings. The van der Waals surface area contributed by atoms with E-state index < -0.39 is 0 Å². The Hall–Kier alpha value is -4.30. The molecule has 1 aliphatic heterocycles. The van der Waals surface area contributed by atoms with Gasteiger partial charge >= 0.3 is 0 Å². The molecule has 1 amide bonds. The number of para-hydroxylation sites is 1. The van der Waals surface area contributed by atoms with Gasteiger partial charge in [0.05, 0.1) is 16.9 Å². The van der Waals surface area contributed by atoms with E-state index in [0.29, 0.717) is 49.5 Å². The molecule has 8 heteroatoms. The van der Waals surface area contributed by atoms with Gasteiger partial charge in [-0.25, -0.2) is 0 Å². The van der Waals surface area contributed by atoms with Crippen molar-refractivity contribution in [3.05, 3.63) is 112 Å². The van der Waals surface area contributed by atoms with Crippen LogP contribution in [0, 0.1) is 5.92 Å². The summed E-state index contributed by atoms with van der Waals surface area (Å²) in [6, 6.07) is 28.9. The molecule has 0 spiro atoms. The molecule has 0 radical (unpaired) electrons. The van der Waals surface area contributed by atoms with Crippen LogP contribution in [0.1, 0.15) is 43.3 Å². The van der Waals surface area contributed by atoms with Gasteiger partial charge in [-0.05, 0) is 29.2 Å². The van der Waals surface area contributed by atoms with Crippen molar-refractivity contribution >= 4 is 22.6 Å². The summed E-state index contributed by atoms with van der Waals surface area (Å²) in [5.41, 5.74) is 3.25. The molecule has 3 aromatic carbocycles. The van der Waals surface area contributed by atoms with Gasteiger partial charge in [0.2, 0.25) is 11.7 Å². The van der Waals surface area contributed by atoms with E-state index in [4.69, 9.17) is 0 Å². The zero-order valence-electron chi connectivity index (χ0n) is 23.7. The Labute approximate surface area is 239 Å². The average Bonchev–Trinajstić information content (AvgIpc) is 3.43. The van der Waals surface area contributed by atoms with Crippen molar-refractivity contribution in [1.29, 1.82) is 0 Å². The molecule has 6 rings (SSSR count).